The average Bonchev–Trinajstić information content (AvgIpc) is 3.28. The number of hydrogen-bond donors (Lipinski definition) is 1. The summed E-state index contributed by atoms with van der Waals surface area (Å²) in [6.07, 6.45) is 7.16. The highest BCUT2D eigenvalue weighted by Gasteiger charge is 2.37. The number of nitriles is 1. The molecule has 0 atom stereocenters. The van der Waals surface area contributed by atoms with Crippen molar-refractivity contribution < 1.29 is 4.79 Å². The zero-order chi connectivity index (χ0) is 21.7. The number of nitrogens with one attached hydrogen (secondary N) is 1. The molecule has 2 aromatic heterocycles. The van der Waals surface area contributed by atoms with Crippen molar-refractivity contribution in [2.24, 2.45) is 0 Å². The third kappa shape index (κ3) is 4.54. The number of aromatic nitrogens is 2. The van der Waals surface area contributed by atoms with Crippen molar-refractivity contribution in [3.05, 3.63) is 89.4 Å². The number of pyridine rings is 2. The summed E-state index contributed by atoms with van der Waals surface area (Å²) in [5, 5.41) is 12.9. The van der Waals surface area contributed by atoms with Crippen molar-refractivity contribution in [1.29, 1.82) is 5.26 Å². The number of hydrogen-bond acceptors (Lipinski definition) is 4. The maximum atomic E-state index is 13.1. The molecule has 0 radical (unpaired) electrons. The Kier molecular flexibility index (Phi) is 5.90. The fourth-order valence-corrected chi connectivity index (χ4v) is 4.11. The normalized spacial score (nSPS) is 15.3. The maximum absolute atomic E-state index is 13.1. The molecule has 154 valence electrons. The van der Waals surface area contributed by atoms with E-state index in [1.807, 2.05) is 61.5 Å². The van der Waals surface area contributed by atoms with E-state index in [1.165, 1.54) is 0 Å². The van der Waals surface area contributed by atoms with Crippen LogP contribution >= 0.6 is 0 Å². The first kappa shape index (κ1) is 20.5. The molecule has 0 spiro atoms. The second kappa shape index (κ2) is 8.93. The third-order valence-corrected chi connectivity index (χ3v) is 5.77. The van der Waals surface area contributed by atoms with Gasteiger partial charge in [0.15, 0.2) is 0 Å². The van der Waals surface area contributed by atoms with Gasteiger partial charge in [0.25, 0.3) is 5.91 Å². The molecule has 1 aliphatic carbocycles. The van der Waals surface area contributed by atoms with Gasteiger partial charge in [-0.1, -0.05) is 49.2 Å². The highest BCUT2D eigenvalue weighted by atomic mass is 16.1. The molecule has 0 unspecified atom stereocenters. The largest absolute Gasteiger partial charge is 0.342 e. The van der Waals surface area contributed by atoms with E-state index in [2.05, 4.69) is 21.4 Å². The second-order valence-electron chi connectivity index (χ2n) is 7.92. The predicted octanol–water partition coefficient (Wildman–Crippen LogP) is 4.94. The van der Waals surface area contributed by atoms with Crippen LogP contribution in [0.25, 0.3) is 17.3 Å². The molecule has 1 amide bonds. The van der Waals surface area contributed by atoms with E-state index in [0.717, 1.165) is 48.2 Å². The van der Waals surface area contributed by atoms with Gasteiger partial charge in [-0.25, -0.2) is 4.98 Å². The topological polar surface area (TPSA) is 78.7 Å². The van der Waals surface area contributed by atoms with E-state index in [9.17, 15) is 10.1 Å². The van der Waals surface area contributed by atoms with Gasteiger partial charge >= 0.3 is 0 Å². The quantitative estimate of drug-likeness (QED) is 0.479. The highest BCUT2D eigenvalue weighted by Crippen LogP contribution is 2.38. The molecule has 5 nitrogen and oxygen atoms in total. The van der Waals surface area contributed by atoms with Gasteiger partial charge in [-0.2, -0.15) is 5.26 Å². The highest BCUT2D eigenvalue weighted by molar-refractivity contribution is 6.02. The van der Waals surface area contributed by atoms with Crippen LogP contribution in [-0.2, 0) is 10.3 Å². The van der Waals surface area contributed by atoms with Crippen LogP contribution in [0.15, 0.2) is 72.4 Å². The second-order valence-corrected chi connectivity index (χ2v) is 7.92. The van der Waals surface area contributed by atoms with Crippen molar-refractivity contribution >= 4 is 12.0 Å². The Morgan fingerprint density at radius 1 is 1.06 bits per heavy atom. The number of rotatable bonds is 5. The number of amides is 1. The Balaban J connectivity index is 1.60. The Labute approximate surface area is 182 Å². The number of carbonyl (C=O) groups excluding carboxylic acids is 1. The zero-order valence-electron chi connectivity index (χ0n) is 17.5. The van der Waals surface area contributed by atoms with Gasteiger partial charge in [-0.05, 0) is 55.7 Å². The SMILES string of the molecule is Cc1ccc(-c2cccc(/C=C(\C#N)C(=O)NC3(c4ccccc4)CCCC3)n2)cn1. The third-order valence-electron chi connectivity index (χ3n) is 5.77. The molecule has 4 rings (SSSR count). The summed E-state index contributed by atoms with van der Waals surface area (Å²) >= 11 is 0. The molecule has 0 saturated heterocycles. The van der Waals surface area contributed by atoms with Gasteiger partial charge in [-0.3, -0.25) is 9.78 Å². The van der Waals surface area contributed by atoms with E-state index in [-0.39, 0.29) is 11.5 Å². The van der Waals surface area contributed by atoms with Crippen LogP contribution in [0.5, 0.6) is 0 Å². The van der Waals surface area contributed by atoms with E-state index in [1.54, 1.807) is 18.3 Å². The number of benzene rings is 1. The van der Waals surface area contributed by atoms with E-state index in [0.29, 0.717) is 5.69 Å². The minimum atomic E-state index is -0.420. The van der Waals surface area contributed by atoms with Crippen molar-refractivity contribution in [1.82, 2.24) is 15.3 Å². The molecule has 3 aromatic rings. The first-order valence-corrected chi connectivity index (χ1v) is 10.5. The summed E-state index contributed by atoms with van der Waals surface area (Å²) in [5.74, 6) is -0.363. The summed E-state index contributed by atoms with van der Waals surface area (Å²) in [4.78, 5) is 22.0. The fourth-order valence-electron chi connectivity index (χ4n) is 4.11. The van der Waals surface area contributed by atoms with Crippen molar-refractivity contribution in [3.8, 4) is 17.3 Å². The summed E-state index contributed by atoms with van der Waals surface area (Å²) in [7, 11) is 0. The smallest absolute Gasteiger partial charge is 0.262 e. The van der Waals surface area contributed by atoms with E-state index in [4.69, 9.17) is 0 Å². The van der Waals surface area contributed by atoms with Crippen molar-refractivity contribution in [2.45, 2.75) is 38.1 Å². The summed E-state index contributed by atoms with van der Waals surface area (Å²) in [6, 6.07) is 21.5. The Bertz CT molecular complexity index is 1140. The molecule has 1 aromatic carbocycles. The monoisotopic (exact) mass is 408 g/mol. The number of carbonyl (C=O) groups is 1. The molecular formula is C26H24N4O. The lowest BCUT2D eigenvalue weighted by molar-refractivity contribution is -0.119. The summed E-state index contributed by atoms with van der Waals surface area (Å²) in [6.45, 7) is 1.93. The van der Waals surface area contributed by atoms with Gasteiger partial charge in [0.05, 0.1) is 16.9 Å². The zero-order valence-corrected chi connectivity index (χ0v) is 17.5. The molecule has 2 heterocycles. The molecule has 1 N–H and O–H groups in total. The molecule has 0 bridgehead atoms. The average molecular weight is 409 g/mol. The molecule has 5 heteroatoms. The van der Waals surface area contributed by atoms with Gasteiger partial charge in [0, 0.05) is 17.5 Å². The standard InChI is InChI=1S/C26H24N4O/c1-19-12-13-20(18-28-19)24-11-7-10-23(29-24)16-21(17-27)25(31)30-26(14-5-6-15-26)22-8-3-2-4-9-22/h2-4,7-13,16,18H,5-6,14-15H2,1H3,(H,30,31)/b21-16+. The number of nitrogens with zero attached hydrogens (tertiary/aromatic N) is 3. The van der Waals surface area contributed by atoms with Crippen molar-refractivity contribution in [3.63, 3.8) is 0 Å². The van der Waals surface area contributed by atoms with Crippen molar-refractivity contribution in [2.75, 3.05) is 0 Å². The molecule has 1 aliphatic rings. The lowest BCUT2D eigenvalue weighted by Crippen LogP contribution is -2.44. The minimum Gasteiger partial charge on any atom is -0.342 e. The Hall–Kier alpha value is -3.78. The van der Waals surface area contributed by atoms with Gasteiger partial charge in [0.1, 0.15) is 11.6 Å². The van der Waals surface area contributed by atoms with Crippen LogP contribution < -0.4 is 5.32 Å². The molecule has 1 saturated carbocycles. The molecular weight excluding hydrogens is 384 g/mol. The van der Waals surface area contributed by atoms with Gasteiger partial charge in [-0.15, -0.1) is 0 Å². The van der Waals surface area contributed by atoms with Crippen LogP contribution in [0.1, 0.15) is 42.6 Å². The van der Waals surface area contributed by atoms with Gasteiger partial charge < -0.3 is 5.32 Å². The van der Waals surface area contributed by atoms with Gasteiger partial charge in [0.2, 0.25) is 0 Å². The maximum Gasteiger partial charge on any atom is 0.262 e. The fraction of sp³-hybridized carbons (Fsp3) is 0.231. The van der Waals surface area contributed by atoms with Crippen LogP contribution in [0.2, 0.25) is 0 Å². The van der Waals surface area contributed by atoms with E-state index >= 15 is 0 Å². The molecule has 0 aliphatic heterocycles. The first-order chi connectivity index (χ1) is 15.1. The van der Waals surface area contributed by atoms with E-state index < -0.39 is 5.54 Å². The predicted molar refractivity (Wildman–Crippen MR) is 121 cm³/mol. The Morgan fingerprint density at radius 2 is 1.84 bits per heavy atom. The van der Waals surface area contributed by atoms with Crippen LogP contribution in [0.4, 0.5) is 0 Å². The number of aryl methyl sites for hydroxylation is 1. The van der Waals surface area contributed by atoms with Crippen LogP contribution in [-0.4, -0.2) is 15.9 Å². The lowest BCUT2D eigenvalue weighted by atomic mass is 9.88. The minimum absolute atomic E-state index is 0.0499. The lowest BCUT2D eigenvalue weighted by Gasteiger charge is -2.31. The molecule has 1 fully saturated rings. The summed E-state index contributed by atoms with van der Waals surface area (Å²) in [5.41, 5.74) is 3.84. The molecule has 31 heavy (non-hydrogen) atoms. The summed E-state index contributed by atoms with van der Waals surface area (Å²) < 4.78 is 0. The van der Waals surface area contributed by atoms with Crippen LogP contribution in [0.3, 0.4) is 0 Å². The Morgan fingerprint density at radius 3 is 2.52 bits per heavy atom. The first-order valence-electron chi connectivity index (χ1n) is 10.5. The van der Waals surface area contributed by atoms with Crippen LogP contribution in [0, 0.1) is 18.3 Å².